The number of halogens is 1. The molecule has 0 amide bonds. The number of unbranched alkanes of at least 4 members (excludes halogenated alkanes) is 1. The van der Waals surface area contributed by atoms with Crippen LogP contribution in [0.5, 0.6) is 0 Å². The Morgan fingerprint density at radius 1 is 1.39 bits per heavy atom. The number of carboxylic acid groups (broad SMARTS) is 1. The summed E-state index contributed by atoms with van der Waals surface area (Å²) in [4.78, 5) is 20.1. The summed E-state index contributed by atoms with van der Waals surface area (Å²) in [7, 11) is 0. The Morgan fingerprint density at radius 3 is 2.72 bits per heavy atom. The lowest BCUT2D eigenvalue weighted by atomic mass is 10.2. The van der Waals surface area contributed by atoms with E-state index in [-0.39, 0.29) is 12.1 Å². The number of hydrogen-bond acceptors (Lipinski definition) is 4. The third-order valence-corrected chi connectivity index (χ3v) is 2.24. The quantitative estimate of drug-likeness (QED) is 0.444. The number of aliphatic carboxylic acids is 1. The van der Waals surface area contributed by atoms with Crippen LogP contribution in [0.3, 0.4) is 0 Å². The van der Waals surface area contributed by atoms with E-state index < -0.39 is 16.7 Å². The van der Waals surface area contributed by atoms with E-state index in [9.17, 15) is 19.3 Å². The largest absolute Gasteiger partial charge is 0.481 e. The summed E-state index contributed by atoms with van der Waals surface area (Å²) in [6.45, 7) is 0.438. The first-order valence-corrected chi connectivity index (χ1v) is 5.39. The minimum absolute atomic E-state index is 0.0744. The van der Waals surface area contributed by atoms with Gasteiger partial charge in [0.1, 0.15) is 5.82 Å². The van der Waals surface area contributed by atoms with E-state index in [0.717, 1.165) is 12.1 Å². The number of nitro benzene ring substituents is 1. The molecule has 0 aliphatic rings. The van der Waals surface area contributed by atoms with E-state index in [1.54, 1.807) is 0 Å². The molecule has 1 aromatic carbocycles. The molecule has 2 N–H and O–H groups in total. The van der Waals surface area contributed by atoms with Gasteiger partial charge >= 0.3 is 5.97 Å². The number of nitro groups is 1. The zero-order valence-corrected chi connectivity index (χ0v) is 9.56. The van der Waals surface area contributed by atoms with Gasteiger partial charge in [-0.25, -0.2) is 4.39 Å². The van der Waals surface area contributed by atoms with Crippen LogP contribution >= 0.6 is 0 Å². The summed E-state index contributed by atoms with van der Waals surface area (Å²) < 4.78 is 13.0. The normalized spacial score (nSPS) is 10.1. The number of carboxylic acids is 1. The number of nitrogens with zero attached hydrogens (tertiary/aromatic N) is 1. The molecule has 0 aliphatic heterocycles. The first-order valence-electron chi connectivity index (χ1n) is 5.39. The van der Waals surface area contributed by atoms with Crippen molar-refractivity contribution < 1.29 is 19.2 Å². The number of rotatable bonds is 7. The molecular formula is C11H13FN2O4. The molecule has 0 radical (unpaired) electrons. The van der Waals surface area contributed by atoms with Crippen molar-refractivity contribution in [3.63, 3.8) is 0 Å². The van der Waals surface area contributed by atoms with Crippen molar-refractivity contribution in [3.8, 4) is 0 Å². The van der Waals surface area contributed by atoms with E-state index in [2.05, 4.69) is 5.32 Å². The smallest absolute Gasteiger partial charge is 0.303 e. The van der Waals surface area contributed by atoms with Gasteiger partial charge in [-0.15, -0.1) is 0 Å². The highest BCUT2D eigenvalue weighted by Gasteiger charge is 2.09. The highest BCUT2D eigenvalue weighted by molar-refractivity contribution is 5.66. The van der Waals surface area contributed by atoms with Gasteiger partial charge in [-0.1, -0.05) is 0 Å². The van der Waals surface area contributed by atoms with Crippen LogP contribution in [-0.4, -0.2) is 22.5 Å². The average Bonchev–Trinajstić information content (AvgIpc) is 2.27. The molecule has 98 valence electrons. The van der Waals surface area contributed by atoms with Gasteiger partial charge in [0.25, 0.3) is 5.69 Å². The monoisotopic (exact) mass is 256 g/mol. The predicted octanol–water partition coefficient (Wildman–Crippen LogP) is 2.40. The zero-order valence-electron chi connectivity index (χ0n) is 9.56. The van der Waals surface area contributed by atoms with Gasteiger partial charge in [0.2, 0.25) is 0 Å². The van der Waals surface area contributed by atoms with Gasteiger partial charge in [-0.3, -0.25) is 14.9 Å². The van der Waals surface area contributed by atoms with Crippen LogP contribution in [0, 0.1) is 15.9 Å². The first kappa shape index (κ1) is 13.9. The van der Waals surface area contributed by atoms with Crippen molar-refractivity contribution in [2.24, 2.45) is 0 Å². The summed E-state index contributed by atoms with van der Waals surface area (Å²) in [5, 5.41) is 21.7. The van der Waals surface area contributed by atoms with E-state index >= 15 is 0 Å². The van der Waals surface area contributed by atoms with Gasteiger partial charge in [0, 0.05) is 24.7 Å². The molecule has 0 atom stereocenters. The van der Waals surface area contributed by atoms with Crippen molar-refractivity contribution in [3.05, 3.63) is 34.1 Å². The van der Waals surface area contributed by atoms with Crippen molar-refractivity contribution >= 4 is 17.3 Å². The van der Waals surface area contributed by atoms with E-state index in [1.165, 1.54) is 6.07 Å². The molecule has 6 nitrogen and oxygen atoms in total. The van der Waals surface area contributed by atoms with E-state index in [4.69, 9.17) is 5.11 Å². The SMILES string of the molecule is O=C(O)CCCCNc1cc(F)cc([N+](=O)[O-])c1. The van der Waals surface area contributed by atoms with Crippen LogP contribution in [0.15, 0.2) is 18.2 Å². The number of benzene rings is 1. The molecule has 0 spiro atoms. The minimum atomic E-state index is -0.864. The topological polar surface area (TPSA) is 92.5 Å². The Balaban J connectivity index is 2.47. The lowest BCUT2D eigenvalue weighted by Gasteiger charge is -2.05. The first-order chi connectivity index (χ1) is 8.49. The third-order valence-electron chi connectivity index (χ3n) is 2.24. The number of carbonyl (C=O) groups is 1. The number of nitrogens with one attached hydrogen (secondary N) is 1. The molecule has 1 rings (SSSR count). The van der Waals surface area contributed by atoms with E-state index in [1.807, 2.05) is 0 Å². The zero-order chi connectivity index (χ0) is 13.5. The van der Waals surface area contributed by atoms with Gasteiger partial charge in [0.15, 0.2) is 0 Å². The van der Waals surface area contributed by atoms with Crippen LogP contribution in [0.4, 0.5) is 15.8 Å². The standard InChI is InChI=1S/C11H13FN2O4/c12-8-5-9(7-10(6-8)14(17)18)13-4-2-1-3-11(15)16/h5-7,13H,1-4H2,(H,15,16). The number of anilines is 1. The Kier molecular flexibility index (Phi) is 5.04. The summed E-state index contributed by atoms with van der Waals surface area (Å²) in [5.41, 5.74) is 0.0000565. The van der Waals surface area contributed by atoms with Crippen molar-refractivity contribution in [1.29, 1.82) is 0 Å². The van der Waals surface area contributed by atoms with Crippen LogP contribution < -0.4 is 5.32 Å². The second-order valence-electron chi connectivity index (χ2n) is 3.73. The molecule has 7 heteroatoms. The van der Waals surface area contributed by atoms with Crippen molar-refractivity contribution in [2.45, 2.75) is 19.3 Å². The number of non-ortho nitro benzene ring substituents is 1. The lowest BCUT2D eigenvalue weighted by molar-refractivity contribution is -0.385. The minimum Gasteiger partial charge on any atom is -0.481 e. The molecule has 0 aromatic heterocycles. The average molecular weight is 256 g/mol. The maximum Gasteiger partial charge on any atom is 0.303 e. The van der Waals surface area contributed by atoms with Gasteiger partial charge in [-0.2, -0.15) is 0 Å². The van der Waals surface area contributed by atoms with Gasteiger partial charge in [-0.05, 0) is 18.9 Å². The maximum atomic E-state index is 13.0. The number of hydrogen-bond donors (Lipinski definition) is 2. The summed E-state index contributed by atoms with van der Waals surface area (Å²) >= 11 is 0. The molecule has 0 saturated carbocycles. The molecule has 0 aliphatic carbocycles. The second-order valence-corrected chi connectivity index (χ2v) is 3.73. The highest BCUT2D eigenvalue weighted by atomic mass is 19.1. The van der Waals surface area contributed by atoms with E-state index in [0.29, 0.717) is 25.1 Å². The fourth-order valence-corrected chi connectivity index (χ4v) is 1.42. The second kappa shape index (κ2) is 6.53. The predicted molar refractivity (Wildman–Crippen MR) is 63.0 cm³/mol. The fraction of sp³-hybridized carbons (Fsp3) is 0.364. The Bertz CT molecular complexity index is 451. The fourth-order valence-electron chi connectivity index (χ4n) is 1.42. The molecule has 18 heavy (non-hydrogen) atoms. The van der Waals surface area contributed by atoms with Crippen LogP contribution in [0.2, 0.25) is 0 Å². The van der Waals surface area contributed by atoms with Gasteiger partial charge in [0.05, 0.1) is 11.0 Å². The molecule has 1 aromatic rings. The third kappa shape index (κ3) is 4.77. The Hall–Kier alpha value is -2.18. The summed E-state index contributed by atoms with van der Waals surface area (Å²) in [5.74, 6) is -1.55. The summed E-state index contributed by atoms with van der Waals surface area (Å²) in [6, 6.07) is 3.24. The molecule has 0 fully saturated rings. The molecular weight excluding hydrogens is 243 g/mol. The van der Waals surface area contributed by atoms with Crippen molar-refractivity contribution in [2.75, 3.05) is 11.9 Å². The van der Waals surface area contributed by atoms with Crippen LogP contribution in [0.1, 0.15) is 19.3 Å². The van der Waals surface area contributed by atoms with Crippen LogP contribution in [0.25, 0.3) is 0 Å². The summed E-state index contributed by atoms with van der Waals surface area (Å²) in [6.07, 6.45) is 1.17. The van der Waals surface area contributed by atoms with Gasteiger partial charge < -0.3 is 10.4 Å². The van der Waals surface area contributed by atoms with Crippen LogP contribution in [-0.2, 0) is 4.79 Å². The Morgan fingerprint density at radius 2 is 2.11 bits per heavy atom. The molecule has 0 bridgehead atoms. The molecule has 0 heterocycles. The molecule has 0 unspecified atom stereocenters. The lowest BCUT2D eigenvalue weighted by Crippen LogP contribution is -2.04. The van der Waals surface area contributed by atoms with Crippen molar-refractivity contribution in [1.82, 2.24) is 0 Å². The Labute approximate surface area is 103 Å². The maximum absolute atomic E-state index is 13.0. The molecule has 0 saturated heterocycles. The highest BCUT2D eigenvalue weighted by Crippen LogP contribution is 2.19.